The first-order valence-electron chi connectivity index (χ1n) is 7.25. The molecule has 1 fully saturated rings. The van der Waals surface area contributed by atoms with Crippen molar-refractivity contribution in [1.82, 2.24) is 15.0 Å². The SMILES string of the molecule is CCOc1ccccc1-n1nnc(C(=O)O)c1C1CCCO1. The van der Waals surface area contributed by atoms with E-state index in [0.29, 0.717) is 30.3 Å². The molecule has 22 heavy (non-hydrogen) atoms. The smallest absolute Gasteiger partial charge is 0.358 e. The van der Waals surface area contributed by atoms with Gasteiger partial charge < -0.3 is 14.6 Å². The number of aromatic nitrogens is 3. The van der Waals surface area contributed by atoms with Crippen molar-refractivity contribution in [2.45, 2.75) is 25.9 Å². The molecule has 0 bridgehead atoms. The lowest BCUT2D eigenvalue weighted by Crippen LogP contribution is -2.12. The minimum absolute atomic E-state index is 0.0711. The summed E-state index contributed by atoms with van der Waals surface area (Å²) in [6.07, 6.45) is 1.34. The van der Waals surface area contributed by atoms with Gasteiger partial charge in [0.05, 0.1) is 6.61 Å². The summed E-state index contributed by atoms with van der Waals surface area (Å²) in [5.41, 5.74) is 1.06. The normalized spacial score (nSPS) is 17.6. The number of benzene rings is 1. The highest BCUT2D eigenvalue weighted by Crippen LogP contribution is 2.33. The van der Waals surface area contributed by atoms with Gasteiger partial charge in [-0.1, -0.05) is 17.3 Å². The van der Waals surface area contributed by atoms with Crippen LogP contribution in [0.2, 0.25) is 0 Å². The molecule has 1 unspecified atom stereocenters. The predicted octanol–water partition coefficient (Wildman–Crippen LogP) is 2.22. The number of nitrogens with zero attached hydrogens (tertiary/aromatic N) is 3. The predicted molar refractivity (Wildman–Crippen MR) is 77.4 cm³/mol. The molecule has 116 valence electrons. The Bertz CT molecular complexity index is 677. The second kappa shape index (κ2) is 6.15. The van der Waals surface area contributed by atoms with Gasteiger partial charge in [-0.25, -0.2) is 9.48 Å². The summed E-state index contributed by atoms with van der Waals surface area (Å²) >= 11 is 0. The number of para-hydroxylation sites is 2. The van der Waals surface area contributed by atoms with Crippen molar-refractivity contribution in [3.05, 3.63) is 35.7 Å². The number of rotatable bonds is 5. The van der Waals surface area contributed by atoms with E-state index in [1.54, 1.807) is 0 Å². The molecular weight excluding hydrogens is 286 g/mol. The number of aromatic carboxylic acids is 1. The fourth-order valence-electron chi connectivity index (χ4n) is 2.61. The van der Waals surface area contributed by atoms with Crippen molar-refractivity contribution in [3.8, 4) is 11.4 Å². The Labute approximate surface area is 127 Å². The Morgan fingerprint density at radius 2 is 2.32 bits per heavy atom. The second-order valence-electron chi connectivity index (χ2n) is 4.94. The number of hydrogen-bond donors (Lipinski definition) is 1. The first kappa shape index (κ1) is 14.5. The maximum Gasteiger partial charge on any atom is 0.358 e. The van der Waals surface area contributed by atoms with Gasteiger partial charge in [0.25, 0.3) is 0 Å². The highest BCUT2D eigenvalue weighted by Gasteiger charge is 2.30. The molecule has 1 atom stereocenters. The Hall–Kier alpha value is -2.41. The lowest BCUT2D eigenvalue weighted by molar-refractivity contribution is 0.0673. The lowest BCUT2D eigenvalue weighted by Gasteiger charge is -2.15. The van der Waals surface area contributed by atoms with Crippen LogP contribution < -0.4 is 4.74 Å². The third kappa shape index (κ3) is 2.55. The van der Waals surface area contributed by atoms with Gasteiger partial charge in [0.1, 0.15) is 23.2 Å². The van der Waals surface area contributed by atoms with E-state index in [1.807, 2.05) is 31.2 Å². The number of carbonyl (C=O) groups is 1. The van der Waals surface area contributed by atoms with Crippen molar-refractivity contribution in [3.63, 3.8) is 0 Å². The minimum Gasteiger partial charge on any atom is -0.492 e. The maximum atomic E-state index is 11.4. The molecule has 3 rings (SSSR count). The third-order valence-corrected chi connectivity index (χ3v) is 3.54. The summed E-state index contributed by atoms with van der Waals surface area (Å²) in [6, 6.07) is 7.35. The molecule has 1 aromatic carbocycles. The fraction of sp³-hybridized carbons (Fsp3) is 0.400. The summed E-state index contributed by atoms with van der Waals surface area (Å²) in [6.45, 7) is 3.01. The van der Waals surface area contributed by atoms with Gasteiger partial charge in [-0.05, 0) is 31.9 Å². The van der Waals surface area contributed by atoms with E-state index in [-0.39, 0.29) is 11.8 Å². The van der Waals surface area contributed by atoms with Crippen LogP contribution in [0.25, 0.3) is 5.69 Å². The molecule has 1 saturated heterocycles. The standard InChI is InChI=1S/C15H17N3O4/c1-2-21-11-7-4-3-6-10(11)18-14(12-8-5-9-22-12)13(15(19)20)16-17-18/h3-4,6-7,12H,2,5,8-9H2,1H3,(H,19,20). The van der Waals surface area contributed by atoms with Crippen molar-refractivity contribution < 1.29 is 19.4 Å². The summed E-state index contributed by atoms with van der Waals surface area (Å²) in [7, 11) is 0. The van der Waals surface area contributed by atoms with E-state index >= 15 is 0 Å². The van der Waals surface area contributed by atoms with Gasteiger partial charge in [-0.2, -0.15) is 0 Å². The highest BCUT2D eigenvalue weighted by molar-refractivity contribution is 5.86. The van der Waals surface area contributed by atoms with Crippen molar-refractivity contribution in [1.29, 1.82) is 0 Å². The van der Waals surface area contributed by atoms with Gasteiger partial charge in [-0.3, -0.25) is 0 Å². The molecular formula is C15H17N3O4. The zero-order valence-electron chi connectivity index (χ0n) is 12.2. The van der Waals surface area contributed by atoms with Crippen LogP contribution in [0.15, 0.2) is 24.3 Å². The van der Waals surface area contributed by atoms with Crippen LogP contribution in [0, 0.1) is 0 Å². The first-order valence-corrected chi connectivity index (χ1v) is 7.25. The van der Waals surface area contributed by atoms with E-state index in [0.717, 1.165) is 12.8 Å². The van der Waals surface area contributed by atoms with Crippen LogP contribution in [0.3, 0.4) is 0 Å². The van der Waals surface area contributed by atoms with Gasteiger partial charge in [0.2, 0.25) is 0 Å². The van der Waals surface area contributed by atoms with Gasteiger partial charge >= 0.3 is 5.97 Å². The topological polar surface area (TPSA) is 86.5 Å². The average Bonchev–Trinajstić information content (AvgIpc) is 3.17. The molecule has 7 nitrogen and oxygen atoms in total. The third-order valence-electron chi connectivity index (χ3n) is 3.54. The van der Waals surface area contributed by atoms with Crippen LogP contribution >= 0.6 is 0 Å². The van der Waals surface area contributed by atoms with Crippen molar-refractivity contribution >= 4 is 5.97 Å². The van der Waals surface area contributed by atoms with Gasteiger partial charge in [0, 0.05) is 6.61 Å². The van der Waals surface area contributed by atoms with Crippen LogP contribution in [0.4, 0.5) is 0 Å². The molecule has 1 aliphatic heterocycles. The quantitative estimate of drug-likeness (QED) is 0.911. The average molecular weight is 303 g/mol. The second-order valence-corrected chi connectivity index (χ2v) is 4.94. The Kier molecular flexibility index (Phi) is 4.06. The van der Waals surface area contributed by atoms with Crippen LogP contribution in [0.1, 0.15) is 42.1 Å². The molecule has 7 heteroatoms. The molecule has 1 N–H and O–H groups in total. The first-order chi connectivity index (χ1) is 10.7. The van der Waals surface area contributed by atoms with Crippen molar-refractivity contribution in [2.75, 3.05) is 13.2 Å². The monoisotopic (exact) mass is 303 g/mol. The number of ether oxygens (including phenoxy) is 2. The number of carboxylic acid groups (broad SMARTS) is 1. The molecule has 0 aliphatic carbocycles. The molecule has 0 spiro atoms. The van der Waals surface area contributed by atoms with Crippen LogP contribution in [-0.2, 0) is 4.74 Å². The van der Waals surface area contributed by atoms with Crippen molar-refractivity contribution in [2.24, 2.45) is 0 Å². The zero-order chi connectivity index (χ0) is 15.5. The molecule has 0 radical (unpaired) electrons. The van der Waals surface area contributed by atoms with E-state index in [1.165, 1.54) is 4.68 Å². The molecule has 2 heterocycles. The van der Waals surface area contributed by atoms with E-state index < -0.39 is 5.97 Å². The van der Waals surface area contributed by atoms with Gasteiger partial charge in [0.15, 0.2) is 5.69 Å². The largest absolute Gasteiger partial charge is 0.492 e. The molecule has 1 aromatic heterocycles. The summed E-state index contributed by atoms with van der Waals surface area (Å²) in [5, 5.41) is 17.2. The lowest BCUT2D eigenvalue weighted by atomic mass is 10.1. The number of hydrogen-bond acceptors (Lipinski definition) is 5. The maximum absolute atomic E-state index is 11.4. The molecule has 1 aliphatic rings. The molecule has 2 aromatic rings. The molecule has 0 amide bonds. The van der Waals surface area contributed by atoms with E-state index in [2.05, 4.69) is 10.3 Å². The summed E-state index contributed by atoms with van der Waals surface area (Å²) < 4.78 is 12.8. The Balaban J connectivity index is 2.13. The Morgan fingerprint density at radius 1 is 1.50 bits per heavy atom. The van der Waals surface area contributed by atoms with E-state index in [4.69, 9.17) is 9.47 Å². The number of carboxylic acids is 1. The molecule has 0 saturated carbocycles. The minimum atomic E-state index is -1.11. The van der Waals surface area contributed by atoms with Crippen LogP contribution in [0.5, 0.6) is 5.75 Å². The summed E-state index contributed by atoms with van der Waals surface area (Å²) in [4.78, 5) is 11.4. The van der Waals surface area contributed by atoms with E-state index in [9.17, 15) is 9.90 Å². The van der Waals surface area contributed by atoms with Crippen LogP contribution in [-0.4, -0.2) is 39.3 Å². The Morgan fingerprint density at radius 3 is 3.00 bits per heavy atom. The highest BCUT2D eigenvalue weighted by atomic mass is 16.5. The summed E-state index contributed by atoms with van der Waals surface area (Å²) in [5.74, 6) is -0.475. The fourth-order valence-corrected chi connectivity index (χ4v) is 2.61. The van der Waals surface area contributed by atoms with Gasteiger partial charge in [-0.15, -0.1) is 5.10 Å². The zero-order valence-corrected chi connectivity index (χ0v) is 12.2.